The summed E-state index contributed by atoms with van der Waals surface area (Å²) in [6.45, 7) is 7.37. The molecule has 0 aliphatic rings. The zero-order chi connectivity index (χ0) is 13.7. The quantitative estimate of drug-likeness (QED) is 0.828. The third kappa shape index (κ3) is 4.40. The topological polar surface area (TPSA) is 76.7 Å². The number of hydrogen-bond acceptors (Lipinski definition) is 6. The summed E-state index contributed by atoms with van der Waals surface area (Å²) in [6.07, 6.45) is 4.95. The molecule has 0 saturated carbocycles. The van der Waals surface area contributed by atoms with Gasteiger partial charge in [-0.2, -0.15) is 10.2 Å². The molecule has 2 heterocycles. The third-order valence-corrected chi connectivity index (χ3v) is 2.52. The number of nitrogens with zero attached hydrogens (tertiary/aromatic N) is 4. The van der Waals surface area contributed by atoms with Crippen LogP contribution in [0, 0.1) is 0 Å². The molecule has 0 spiro atoms. The van der Waals surface area contributed by atoms with Crippen LogP contribution in [0.2, 0.25) is 0 Å². The highest BCUT2D eigenvalue weighted by molar-refractivity contribution is 5.49. The summed E-state index contributed by atoms with van der Waals surface area (Å²) in [5.74, 6) is 1.15. The molecule has 0 aromatic carbocycles. The van der Waals surface area contributed by atoms with Crippen molar-refractivity contribution in [3.63, 3.8) is 0 Å². The van der Waals surface area contributed by atoms with E-state index in [9.17, 15) is 0 Å². The van der Waals surface area contributed by atoms with Gasteiger partial charge in [0.25, 0.3) is 0 Å². The van der Waals surface area contributed by atoms with Gasteiger partial charge in [-0.25, -0.2) is 0 Å². The average molecular weight is 261 g/mol. The Bertz CT molecular complexity index is 503. The summed E-state index contributed by atoms with van der Waals surface area (Å²) < 4.78 is 5.58. The largest absolute Gasteiger partial charge is 0.421 e. The Morgan fingerprint density at radius 3 is 2.74 bits per heavy atom. The fraction of sp³-hybridized carbons (Fsp3) is 0.538. The maximum Gasteiger partial charge on any atom is 0.249 e. The van der Waals surface area contributed by atoms with E-state index in [1.165, 1.54) is 0 Å². The SMILES string of the molecule is CC(C)(C)NCCCc1nnc(-c2ccnnc2)o1. The van der Waals surface area contributed by atoms with Crippen LogP contribution >= 0.6 is 0 Å². The maximum absolute atomic E-state index is 5.58. The van der Waals surface area contributed by atoms with E-state index in [2.05, 4.69) is 46.5 Å². The lowest BCUT2D eigenvalue weighted by Crippen LogP contribution is -2.36. The van der Waals surface area contributed by atoms with Gasteiger partial charge in [0.15, 0.2) is 0 Å². The molecule has 0 amide bonds. The van der Waals surface area contributed by atoms with Gasteiger partial charge in [-0.15, -0.1) is 10.2 Å². The highest BCUT2D eigenvalue weighted by Gasteiger charge is 2.10. The van der Waals surface area contributed by atoms with Crippen molar-refractivity contribution in [3.8, 4) is 11.5 Å². The lowest BCUT2D eigenvalue weighted by molar-refractivity contribution is 0.412. The second-order valence-corrected chi connectivity index (χ2v) is 5.41. The maximum atomic E-state index is 5.58. The van der Waals surface area contributed by atoms with Gasteiger partial charge < -0.3 is 9.73 Å². The summed E-state index contributed by atoms with van der Waals surface area (Å²) in [5.41, 5.74) is 0.935. The molecule has 2 rings (SSSR count). The second-order valence-electron chi connectivity index (χ2n) is 5.41. The highest BCUT2D eigenvalue weighted by Crippen LogP contribution is 2.15. The summed E-state index contributed by atoms with van der Waals surface area (Å²) in [6, 6.07) is 1.80. The molecule has 0 unspecified atom stereocenters. The molecule has 0 radical (unpaired) electrons. The molecule has 0 atom stereocenters. The van der Waals surface area contributed by atoms with Crippen molar-refractivity contribution in [3.05, 3.63) is 24.4 Å². The average Bonchev–Trinajstić information content (AvgIpc) is 2.83. The Labute approximate surface area is 112 Å². The normalized spacial score (nSPS) is 11.7. The minimum Gasteiger partial charge on any atom is -0.421 e. The fourth-order valence-corrected chi connectivity index (χ4v) is 1.59. The van der Waals surface area contributed by atoms with E-state index in [1.807, 2.05) is 0 Å². The van der Waals surface area contributed by atoms with Gasteiger partial charge in [0.05, 0.1) is 18.0 Å². The second kappa shape index (κ2) is 5.88. The van der Waals surface area contributed by atoms with E-state index in [0.29, 0.717) is 11.8 Å². The Morgan fingerprint density at radius 2 is 2.05 bits per heavy atom. The van der Waals surface area contributed by atoms with Crippen LogP contribution in [-0.2, 0) is 6.42 Å². The number of nitrogens with one attached hydrogen (secondary N) is 1. The monoisotopic (exact) mass is 261 g/mol. The number of aromatic nitrogens is 4. The minimum atomic E-state index is 0.142. The predicted molar refractivity (Wildman–Crippen MR) is 71.4 cm³/mol. The first-order valence-electron chi connectivity index (χ1n) is 6.39. The van der Waals surface area contributed by atoms with Crippen LogP contribution in [0.3, 0.4) is 0 Å². The summed E-state index contributed by atoms with van der Waals surface area (Å²) in [7, 11) is 0. The molecule has 102 valence electrons. The summed E-state index contributed by atoms with van der Waals surface area (Å²) in [5, 5.41) is 19.0. The lowest BCUT2D eigenvalue weighted by atomic mass is 10.1. The van der Waals surface area contributed by atoms with Gasteiger partial charge in [-0.05, 0) is 39.8 Å². The van der Waals surface area contributed by atoms with Crippen molar-refractivity contribution >= 4 is 0 Å². The Balaban J connectivity index is 1.85. The predicted octanol–water partition coefficient (Wildman–Crippen LogP) is 1.85. The number of hydrogen-bond donors (Lipinski definition) is 1. The molecule has 0 saturated heterocycles. The summed E-state index contributed by atoms with van der Waals surface area (Å²) in [4.78, 5) is 0. The molecule has 0 aliphatic carbocycles. The first-order valence-corrected chi connectivity index (χ1v) is 6.39. The zero-order valence-corrected chi connectivity index (χ0v) is 11.6. The molecule has 19 heavy (non-hydrogen) atoms. The first-order chi connectivity index (χ1) is 9.04. The zero-order valence-electron chi connectivity index (χ0n) is 11.6. The van der Waals surface area contributed by atoms with Gasteiger partial charge in [-0.3, -0.25) is 0 Å². The van der Waals surface area contributed by atoms with Crippen molar-refractivity contribution in [1.82, 2.24) is 25.7 Å². The molecule has 0 fully saturated rings. The van der Waals surface area contributed by atoms with Crippen LogP contribution in [0.4, 0.5) is 0 Å². The van der Waals surface area contributed by atoms with E-state index in [1.54, 1.807) is 18.5 Å². The van der Waals surface area contributed by atoms with Gasteiger partial charge >= 0.3 is 0 Å². The van der Waals surface area contributed by atoms with E-state index in [4.69, 9.17) is 4.42 Å². The van der Waals surface area contributed by atoms with Crippen LogP contribution < -0.4 is 5.32 Å². The van der Waals surface area contributed by atoms with Gasteiger partial charge in [-0.1, -0.05) is 0 Å². The smallest absolute Gasteiger partial charge is 0.249 e. The molecule has 2 aromatic heterocycles. The molecule has 6 heteroatoms. The highest BCUT2D eigenvalue weighted by atomic mass is 16.4. The van der Waals surface area contributed by atoms with Crippen LogP contribution in [0.5, 0.6) is 0 Å². The van der Waals surface area contributed by atoms with E-state index >= 15 is 0 Å². The van der Waals surface area contributed by atoms with Crippen LogP contribution in [0.1, 0.15) is 33.1 Å². The van der Waals surface area contributed by atoms with E-state index < -0.39 is 0 Å². The van der Waals surface area contributed by atoms with E-state index in [0.717, 1.165) is 24.9 Å². The van der Waals surface area contributed by atoms with Gasteiger partial charge in [0, 0.05) is 12.0 Å². The number of aryl methyl sites for hydroxylation is 1. The number of rotatable bonds is 5. The van der Waals surface area contributed by atoms with Crippen molar-refractivity contribution < 1.29 is 4.42 Å². The van der Waals surface area contributed by atoms with Crippen molar-refractivity contribution in [2.24, 2.45) is 0 Å². The molecular formula is C13H19N5O. The molecular weight excluding hydrogens is 242 g/mol. The minimum absolute atomic E-state index is 0.142. The van der Waals surface area contributed by atoms with Crippen molar-refractivity contribution in [2.45, 2.75) is 39.2 Å². The van der Waals surface area contributed by atoms with Crippen LogP contribution in [0.15, 0.2) is 22.9 Å². The fourth-order valence-electron chi connectivity index (χ4n) is 1.59. The lowest BCUT2D eigenvalue weighted by Gasteiger charge is -2.19. The van der Waals surface area contributed by atoms with Crippen molar-refractivity contribution in [1.29, 1.82) is 0 Å². The Morgan fingerprint density at radius 1 is 1.21 bits per heavy atom. The Hall–Kier alpha value is -1.82. The molecule has 6 nitrogen and oxygen atoms in total. The van der Waals surface area contributed by atoms with Crippen LogP contribution in [-0.4, -0.2) is 32.5 Å². The molecule has 2 aromatic rings. The van der Waals surface area contributed by atoms with Gasteiger partial charge in [0.2, 0.25) is 11.8 Å². The van der Waals surface area contributed by atoms with Gasteiger partial charge in [0.1, 0.15) is 0 Å². The molecule has 0 bridgehead atoms. The summed E-state index contributed by atoms with van der Waals surface area (Å²) >= 11 is 0. The standard InChI is InChI=1S/C13H19N5O/c1-13(2,3)14-7-4-5-11-17-18-12(19-11)10-6-8-15-16-9-10/h6,8-9,14H,4-5,7H2,1-3H3. The van der Waals surface area contributed by atoms with E-state index in [-0.39, 0.29) is 5.54 Å². The van der Waals surface area contributed by atoms with Crippen LogP contribution in [0.25, 0.3) is 11.5 Å². The third-order valence-electron chi connectivity index (χ3n) is 2.52. The first kappa shape index (κ1) is 13.6. The molecule has 0 aliphatic heterocycles. The molecule has 1 N–H and O–H groups in total. The Kier molecular flexibility index (Phi) is 4.21. The van der Waals surface area contributed by atoms with Crippen molar-refractivity contribution in [2.75, 3.05) is 6.54 Å².